The fraction of sp³-hybridized carbons (Fsp3) is 0.565. The van der Waals surface area contributed by atoms with Gasteiger partial charge >= 0.3 is 16.2 Å². The van der Waals surface area contributed by atoms with E-state index in [9.17, 15) is 17.6 Å². The van der Waals surface area contributed by atoms with E-state index in [4.69, 9.17) is 0 Å². The van der Waals surface area contributed by atoms with Gasteiger partial charge in [-0.3, -0.25) is 9.58 Å². The summed E-state index contributed by atoms with van der Waals surface area (Å²) in [6.07, 6.45) is 8.01. The van der Waals surface area contributed by atoms with Crippen LogP contribution in [0.4, 0.5) is 20.6 Å². The number of benzene rings is 1. The van der Waals surface area contributed by atoms with E-state index in [1.54, 1.807) is 25.2 Å². The van der Waals surface area contributed by atoms with Crippen LogP contribution in [-0.2, 0) is 42.9 Å². The maximum absolute atomic E-state index is 13.9. The van der Waals surface area contributed by atoms with Gasteiger partial charge in [-0.05, 0) is 74.2 Å². The first kappa shape index (κ1) is 23.1. The van der Waals surface area contributed by atoms with Crippen LogP contribution < -0.4 is 14.3 Å². The second kappa shape index (κ2) is 8.84. The van der Waals surface area contributed by atoms with Crippen LogP contribution in [0.2, 0.25) is 0 Å². The molecular formula is C23H31FN6O3S. The standard InChI is InChI=1S/C23H31FN6O3S/c1-28-12-17(24)10-18(28)14-30(19-11-25-29(2)13-19)34(32,33)27-23(31)26-22-20-7-3-5-15(20)9-16-6-4-8-21(16)22/h9,11,13,17-18H,3-8,10,12,14H2,1-2H3,(H2,26,27,31)/t17-,18-/m1/s1. The van der Waals surface area contributed by atoms with Crippen molar-refractivity contribution >= 4 is 27.6 Å². The topological polar surface area (TPSA) is 99.6 Å². The number of rotatable bonds is 6. The van der Waals surface area contributed by atoms with Gasteiger partial charge in [0.15, 0.2) is 0 Å². The van der Waals surface area contributed by atoms with Crippen LogP contribution in [0.1, 0.15) is 41.5 Å². The molecule has 0 radical (unpaired) electrons. The number of amides is 2. The third-order valence-corrected chi connectivity index (χ3v) is 8.60. The van der Waals surface area contributed by atoms with Gasteiger partial charge in [0.05, 0.1) is 18.4 Å². The number of hydrogen-bond donors (Lipinski definition) is 2. The van der Waals surface area contributed by atoms with Gasteiger partial charge in [0.2, 0.25) is 0 Å². The molecule has 0 spiro atoms. The molecule has 1 aromatic carbocycles. The highest BCUT2D eigenvalue weighted by atomic mass is 32.2. The van der Waals surface area contributed by atoms with E-state index in [0.717, 1.165) is 59.6 Å². The summed E-state index contributed by atoms with van der Waals surface area (Å²) in [4.78, 5) is 14.8. The monoisotopic (exact) mass is 490 g/mol. The van der Waals surface area contributed by atoms with Crippen molar-refractivity contribution in [2.75, 3.05) is 29.8 Å². The fourth-order valence-electron chi connectivity index (χ4n) is 5.57. The number of likely N-dealkylation sites (N-methyl/N-ethyl adjacent to an activating group) is 1. The van der Waals surface area contributed by atoms with Gasteiger partial charge in [-0.15, -0.1) is 0 Å². The number of carbonyl (C=O) groups is 1. The molecule has 2 amide bonds. The number of aromatic nitrogens is 2. The number of alkyl halides is 1. The molecule has 2 aromatic rings. The lowest BCUT2D eigenvalue weighted by Crippen LogP contribution is -2.49. The molecule has 5 rings (SSSR count). The zero-order valence-electron chi connectivity index (χ0n) is 19.6. The lowest BCUT2D eigenvalue weighted by Gasteiger charge is -2.28. The van der Waals surface area contributed by atoms with Gasteiger partial charge in [-0.1, -0.05) is 6.07 Å². The first-order valence-corrected chi connectivity index (χ1v) is 13.3. The van der Waals surface area contributed by atoms with Gasteiger partial charge in [0, 0.05) is 31.5 Å². The number of likely N-dealkylation sites (tertiary alicyclic amines) is 1. The Morgan fingerprint density at radius 3 is 2.41 bits per heavy atom. The fourth-order valence-corrected chi connectivity index (χ4v) is 6.71. The minimum Gasteiger partial charge on any atom is -0.307 e. The van der Waals surface area contributed by atoms with Crippen LogP contribution in [0.15, 0.2) is 18.5 Å². The van der Waals surface area contributed by atoms with E-state index < -0.39 is 22.4 Å². The number of urea groups is 1. The molecule has 0 bridgehead atoms. The maximum Gasteiger partial charge on any atom is 0.334 e. The third-order valence-electron chi connectivity index (χ3n) is 7.22. The first-order valence-electron chi connectivity index (χ1n) is 11.8. The highest BCUT2D eigenvalue weighted by Gasteiger charge is 2.35. The van der Waals surface area contributed by atoms with Crippen LogP contribution >= 0.6 is 0 Å². The molecule has 1 fully saturated rings. The SMILES string of the molecule is CN1C[C@H](F)C[C@@H]1CN(c1cnn(C)c1)S(=O)(=O)NC(=O)Nc1c2c(cc3c1CCC3)CCC2. The molecule has 2 aliphatic carbocycles. The van der Waals surface area contributed by atoms with Gasteiger partial charge in [-0.2, -0.15) is 13.5 Å². The van der Waals surface area contributed by atoms with Crippen LogP contribution in [0.25, 0.3) is 0 Å². The zero-order chi connectivity index (χ0) is 24.0. The maximum atomic E-state index is 13.9. The second-order valence-corrected chi connectivity index (χ2v) is 11.2. The molecule has 1 aromatic heterocycles. The van der Waals surface area contributed by atoms with Crippen LogP contribution in [-0.4, -0.2) is 61.5 Å². The zero-order valence-corrected chi connectivity index (χ0v) is 20.4. The number of nitrogens with one attached hydrogen (secondary N) is 2. The Kier molecular flexibility index (Phi) is 6.01. The second-order valence-electron chi connectivity index (χ2n) is 9.62. The largest absolute Gasteiger partial charge is 0.334 e. The van der Waals surface area contributed by atoms with E-state index in [1.165, 1.54) is 22.0 Å². The van der Waals surface area contributed by atoms with Crippen molar-refractivity contribution < 1.29 is 17.6 Å². The first-order chi connectivity index (χ1) is 16.2. The number of aryl methyl sites for hydroxylation is 3. The summed E-state index contributed by atoms with van der Waals surface area (Å²) in [7, 11) is -0.812. The minimum absolute atomic E-state index is 0.0152. The summed E-state index contributed by atoms with van der Waals surface area (Å²) >= 11 is 0. The van der Waals surface area contributed by atoms with Gasteiger partial charge in [0.1, 0.15) is 6.17 Å². The van der Waals surface area contributed by atoms with E-state index in [2.05, 4.69) is 21.2 Å². The lowest BCUT2D eigenvalue weighted by atomic mass is 9.99. The highest BCUT2D eigenvalue weighted by Crippen LogP contribution is 2.38. The molecule has 0 saturated carbocycles. The van der Waals surface area contributed by atoms with Crippen molar-refractivity contribution in [1.29, 1.82) is 0 Å². The smallest absolute Gasteiger partial charge is 0.307 e. The van der Waals surface area contributed by atoms with E-state index in [-0.39, 0.29) is 25.6 Å². The number of fused-ring (bicyclic) bond motifs is 2. The summed E-state index contributed by atoms with van der Waals surface area (Å²) in [6, 6.07) is 1.16. The summed E-state index contributed by atoms with van der Waals surface area (Å²) in [5, 5.41) is 6.95. The van der Waals surface area contributed by atoms with Crippen LogP contribution in [0.5, 0.6) is 0 Å². The predicted octanol–water partition coefficient (Wildman–Crippen LogP) is 2.31. The molecular weight excluding hydrogens is 459 g/mol. The van der Waals surface area contributed by atoms with Crippen molar-refractivity contribution in [3.63, 3.8) is 0 Å². The molecule has 1 aliphatic heterocycles. The summed E-state index contributed by atoms with van der Waals surface area (Å²) in [5.41, 5.74) is 5.85. The third kappa shape index (κ3) is 4.38. The lowest BCUT2D eigenvalue weighted by molar-refractivity contribution is 0.256. The Hall–Kier alpha value is -2.66. The number of carbonyl (C=O) groups excluding carboxylic acids is 1. The van der Waals surface area contributed by atoms with Crippen LogP contribution in [0.3, 0.4) is 0 Å². The molecule has 2 N–H and O–H groups in total. The quantitative estimate of drug-likeness (QED) is 0.648. The van der Waals surface area contributed by atoms with Crippen molar-refractivity contribution in [3.8, 4) is 0 Å². The van der Waals surface area contributed by atoms with Gasteiger partial charge in [-0.25, -0.2) is 18.2 Å². The Balaban J connectivity index is 1.38. The van der Waals surface area contributed by atoms with Crippen molar-refractivity contribution in [2.45, 2.75) is 57.2 Å². The summed E-state index contributed by atoms with van der Waals surface area (Å²) in [6.45, 7) is 0.269. The van der Waals surface area contributed by atoms with E-state index in [1.807, 2.05) is 0 Å². The molecule has 2 atom stereocenters. The molecule has 0 unspecified atom stereocenters. The molecule has 2 heterocycles. The molecule has 1 saturated heterocycles. The minimum atomic E-state index is -4.27. The Morgan fingerprint density at radius 1 is 1.18 bits per heavy atom. The Bertz CT molecular complexity index is 1180. The molecule has 9 nitrogen and oxygen atoms in total. The average molecular weight is 491 g/mol. The predicted molar refractivity (Wildman–Crippen MR) is 128 cm³/mol. The van der Waals surface area contributed by atoms with E-state index >= 15 is 0 Å². The number of anilines is 2. The number of halogens is 1. The van der Waals surface area contributed by atoms with Gasteiger partial charge < -0.3 is 5.32 Å². The van der Waals surface area contributed by atoms with Crippen LogP contribution in [0, 0.1) is 0 Å². The van der Waals surface area contributed by atoms with Crippen molar-refractivity contribution in [1.82, 2.24) is 19.4 Å². The average Bonchev–Trinajstić information content (AvgIpc) is 3.53. The molecule has 184 valence electrons. The van der Waals surface area contributed by atoms with E-state index in [0.29, 0.717) is 5.69 Å². The normalized spacial score (nSPS) is 22.0. The van der Waals surface area contributed by atoms with Crippen molar-refractivity contribution in [3.05, 3.63) is 40.7 Å². The summed E-state index contributed by atoms with van der Waals surface area (Å²) in [5.74, 6) is 0. The highest BCUT2D eigenvalue weighted by molar-refractivity contribution is 7.91. The number of hydrogen-bond acceptors (Lipinski definition) is 5. The Morgan fingerprint density at radius 2 is 1.85 bits per heavy atom. The molecule has 34 heavy (non-hydrogen) atoms. The Labute approximate surface area is 199 Å². The summed E-state index contributed by atoms with van der Waals surface area (Å²) < 4.78 is 45.5. The van der Waals surface area contributed by atoms with Gasteiger partial charge in [0.25, 0.3) is 0 Å². The number of nitrogens with zero attached hydrogens (tertiary/aromatic N) is 4. The van der Waals surface area contributed by atoms with Crippen molar-refractivity contribution in [2.24, 2.45) is 7.05 Å². The molecule has 11 heteroatoms. The molecule has 3 aliphatic rings.